The normalized spacial score (nSPS) is 18.4. The standard InChI is InChI=1S/C34H33NO2/c1-24-13-12-20-29(25(24)2)32-30(33(36)27-16-8-4-9-17-27)22-35(21-26-14-6-3-7-15-26)23-31(32)34(37)28-18-10-5-11-19-28/h3-20,30-32H,21-23H2,1-2H3/t30-,31-/m0/s1. The van der Waals surface area contributed by atoms with Gasteiger partial charge in [-0.05, 0) is 36.1 Å². The summed E-state index contributed by atoms with van der Waals surface area (Å²) in [5.74, 6) is -0.659. The minimum Gasteiger partial charge on any atom is -0.298 e. The van der Waals surface area contributed by atoms with Crippen molar-refractivity contribution in [2.24, 2.45) is 11.8 Å². The molecule has 1 fully saturated rings. The molecular formula is C34H33NO2. The molecule has 4 aromatic carbocycles. The predicted octanol–water partition coefficient (Wildman–Crippen LogP) is 6.90. The third-order valence-electron chi connectivity index (χ3n) is 7.82. The average Bonchev–Trinajstić information content (AvgIpc) is 2.95. The van der Waals surface area contributed by atoms with E-state index in [1.807, 2.05) is 78.9 Å². The molecule has 0 bridgehead atoms. The van der Waals surface area contributed by atoms with Gasteiger partial charge in [-0.2, -0.15) is 0 Å². The van der Waals surface area contributed by atoms with Gasteiger partial charge in [0.05, 0.1) is 0 Å². The molecule has 0 spiro atoms. The highest BCUT2D eigenvalue weighted by Gasteiger charge is 2.45. The van der Waals surface area contributed by atoms with Gasteiger partial charge >= 0.3 is 0 Å². The van der Waals surface area contributed by atoms with Gasteiger partial charge in [0.1, 0.15) is 0 Å². The Morgan fingerprint density at radius 1 is 0.649 bits per heavy atom. The van der Waals surface area contributed by atoms with Crippen LogP contribution in [0.4, 0.5) is 0 Å². The lowest BCUT2D eigenvalue weighted by Crippen LogP contribution is -2.50. The number of aryl methyl sites for hydroxylation is 1. The monoisotopic (exact) mass is 487 g/mol. The first-order valence-corrected chi connectivity index (χ1v) is 13.0. The van der Waals surface area contributed by atoms with E-state index in [-0.39, 0.29) is 29.3 Å². The molecule has 0 radical (unpaired) electrons. The maximum Gasteiger partial charge on any atom is 0.167 e. The lowest BCUT2D eigenvalue weighted by atomic mass is 9.67. The molecule has 1 saturated heterocycles. The molecule has 2 atom stereocenters. The third-order valence-corrected chi connectivity index (χ3v) is 7.82. The van der Waals surface area contributed by atoms with Crippen LogP contribution < -0.4 is 0 Å². The van der Waals surface area contributed by atoms with Crippen molar-refractivity contribution in [3.8, 4) is 0 Å². The highest BCUT2D eigenvalue weighted by Crippen LogP contribution is 2.42. The SMILES string of the molecule is Cc1cccc(C2[C@@H](C(=O)c3ccccc3)CN(Cc3ccccc3)C[C@@H]2C(=O)c2ccccc2)c1C. The van der Waals surface area contributed by atoms with Gasteiger partial charge < -0.3 is 0 Å². The molecule has 1 aliphatic rings. The summed E-state index contributed by atoms with van der Waals surface area (Å²) in [6, 6.07) is 35.7. The molecule has 186 valence electrons. The average molecular weight is 488 g/mol. The van der Waals surface area contributed by atoms with E-state index in [2.05, 4.69) is 49.1 Å². The number of Topliss-reactive ketones (excluding diaryl/α,β-unsaturated/α-hetero) is 2. The Morgan fingerprint density at radius 3 is 1.65 bits per heavy atom. The fourth-order valence-electron chi connectivity index (χ4n) is 5.80. The quantitative estimate of drug-likeness (QED) is 0.266. The summed E-state index contributed by atoms with van der Waals surface area (Å²) >= 11 is 0. The van der Waals surface area contributed by atoms with Crippen LogP contribution in [-0.4, -0.2) is 29.6 Å². The number of benzene rings is 4. The van der Waals surface area contributed by atoms with Crippen LogP contribution in [0.3, 0.4) is 0 Å². The lowest BCUT2D eigenvalue weighted by molar-refractivity contribution is 0.0554. The fourth-order valence-corrected chi connectivity index (χ4v) is 5.80. The van der Waals surface area contributed by atoms with Crippen molar-refractivity contribution in [1.29, 1.82) is 0 Å². The smallest absolute Gasteiger partial charge is 0.167 e. The van der Waals surface area contributed by atoms with Gasteiger partial charge in [-0.1, -0.05) is 109 Å². The van der Waals surface area contributed by atoms with E-state index >= 15 is 0 Å². The number of carbonyl (C=O) groups is 2. The first kappa shape index (κ1) is 24.9. The molecule has 3 nitrogen and oxygen atoms in total. The topological polar surface area (TPSA) is 37.4 Å². The van der Waals surface area contributed by atoms with Crippen molar-refractivity contribution in [2.45, 2.75) is 26.3 Å². The first-order valence-electron chi connectivity index (χ1n) is 13.0. The van der Waals surface area contributed by atoms with Crippen molar-refractivity contribution in [1.82, 2.24) is 4.90 Å². The van der Waals surface area contributed by atoms with E-state index in [0.717, 1.165) is 5.56 Å². The minimum absolute atomic E-state index is 0.107. The van der Waals surface area contributed by atoms with Gasteiger partial charge in [-0.3, -0.25) is 14.5 Å². The number of hydrogen-bond donors (Lipinski definition) is 0. The summed E-state index contributed by atoms with van der Waals surface area (Å²) < 4.78 is 0. The van der Waals surface area contributed by atoms with Crippen molar-refractivity contribution < 1.29 is 9.59 Å². The zero-order valence-electron chi connectivity index (χ0n) is 21.5. The largest absolute Gasteiger partial charge is 0.298 e. The second kappa shape index (κ2) is 11.1. The summed E-state index contributed by atoms with van der Waals surface area (Å²) in [4.78, 5) is 30.6. The highest BCUT2D eigenvalue weighted by molar-refractivity contribution is 6.02. The summed E-state index contributed by atoms with van der Waals surface area (Å²) in [7, 11) is 0. The molecule has 3 heteroatoms. The number of likely N-dealkylation sites (tertiary alicyclic amines) is 1. The fraction of sp³-hybridized carbons (Fsp3) is 0.235. The van der Waals surface area contributed by atoms with E-state index in [9.17, 15) is 9.59 Å². The molecule has 1 heterocycles. The van der Waals surface area contributed by atoms with Gasteiger partial charge in [0, 0.05) is 48.5 Å². The summed E-state index contributed by atoms with van der Waals surface area (Å²) in [6.07, 6.45) is 0. The van der Waals surface area contributed by atoms with Crippen LogP contribution in [0.1, 0.15) is 48.9 Å². The number of hydrogen-bond acceptors (Lipinski definition) is 3. The van der Waals surface area contributed by atoms with Crippen LogP contribution in [0.25, 0.3) is 0 Å². The number of rotatable bonds is 7. The summed E-state index contributed by atoms with van der Waals surface area (Å²) in [6.45, 7) is 6.15. The number of piperidine rings is 1. The van der Waals surface area contributed by atoms with Crippen molar-refractivity contribution in [3.05, 3.63) is 143 Å². The van der Waals surface area contributed by atoms with Crippen molar-refractivity contribution in [2.75, 3.05) is 13.1 Å². The maximum absolute atomic E-state index is 14.1. The molecule has 5 rings (SSSR count). The van der Waals surface area contributed by atoms with E-state index in [1.165, 1.54) is 16.7 Å². The van der Waals surface area contributed by atoms with Crippen LogP contribution in [0.2, 0.25) is 0 Å². The van der Waals surface area contributed by atoms with Crippen LogP contribution >= 0.6 is 0 Å². The molecule has 0 N–H and O–H groups in total. The molecule has 0 unspecified atom stereocenters. The van der Waals surface area contributed by atoms with Gasteiger partial charge in [0.2, 0.25) is 0 Å². The van der Waals surface area contributed by atoms with Crippen molar-refractivity contribution >= 4 is 11.6 Å². The van der Waals surface area contributed by atoms with Crippen LogP contribution in [0.15, 0.2) is 109 Å². The highest BCUT2D eigenvalue weighted by atomic mass is 16.1. The Balaban J connectivity index is 1.62. The number of ketones is 2. The van der Waals surface area contributed by atoms with Crippen LogP contribution in [0, 0.1) is 25.7 Å². The Bertz CT molecular complexity index is 1300. The van der Waals surface area contributed by atoms with E-state index in [0.29, 0.717) is 30.8 Å². The Hall–Kier alpha value is -3.82. The first-order chi connectivity index (χ1) is 18.0. The van der Waals surface area contributed by atoms with Gasteiger partial charge in [-0.15, -0.1) is 0 Å². The molecule has 0 amide bonds. The number of nitrogens with zero attached hydrogens (tertiary/aromatic N) is 1. The third kappa shape index (κ3) is 5.33. The molecule has 4 aromatic rings. The van der Waals surface area contributed by atoms with E-state index in [1.54, 1.807) is 0 Å². The second-order valence-electron chi connectivity index (χ2n) is 10.2. The molecule has 0 saturated carbocycles. The minimum atomic E-state index is -0.335. The number of carbonyl (C=O) groups excluding carboxylic acids is 2. The molecule has 1 aliphatic heterocycles. The predicted molar refractivity (Wildman–Crippen MR) is 149 cm³/mol. The van der Waals surface area contributed by atoms with Gasteiger partial charge in [0.15, 0.2) is 11.6 Å². The zero-order valence-corrected chi connectivity index (χ0v) is 21.5. The van der Waals surface area contributed by atoms with Gasteiger partial charge in [-0.25, -0.2) is 0 Å². The van der Waals surface area contributed by atoms with E-state index < -0.39 is 0 Å². The maximum atomic E-state index is 14.1. The van der Waals surface area contributed by atoms with Crippen LogP contribution in [-0.2, 0) is 6.54 Å². The Morgan fingerprint density at radius 2 is 1.14 bits per heavy atom. The Kier molecular flexibility index (Phi) is 7.43. The van der Waals surface area contributed by atoms with Crippen molar-refractivity contribution in [3.63, 3.8) is 0 Å². The molecular weight excluding hydrogens is 454 g/mol. The van der Waals surface area contributed by atoms with Gasteiger partial charge in [0.25, 0.3) is 0 Å². The molecule has 0 aromatic heterocycles. The van der Waals surface area contributed by atoms with Crippen LogP contribution in [0.5, 0.6) is 0 Å². The summed E-state index contributed by atoms with van der Waals surface area (Å²) in [5.41, 5.74) is 6.06. The molecule has 0 aliphatic carbocycles. The van der Waals surface area contributed by atoms with E-state index in [4.69, 9.17) is 0 Å². The second-order valence-corrected chi connectivity index (χ2v) is 10.2. The Labute approximate surface area is 219 Å². The lowest BCUT2D eigenvalue weighted by Gasteiger charge is -2.43. The molecule has 37 heavy (non-hydrogen) atoms. The zero-order chi connectivity index (χ0) is 25.8. The summed E-state index contributed by atoms with van der Waals surface area (Å²) in [5, 5.41) is 0.